The number of carbonyl (C=O) groups is 2. The Hall–Kier alpha value is -2.57. The van der Waals surface area contributed by atoms with Crippen LogP contribution in [0.4, 0.5) is 5.69 Å². The van der Waals surface area contributed by atoms with Crippen LogP contribution >= 0.6 is 0 Å². The number of amides is 1. The highest BCUT2D eigenvalue weighted by molar-refractivity contribution is 6.69. The molecule has 1 aromatic rings. The van der Waals surface area contributed by atoms with Crippen LogP contribution in [0.3, 0.4) is 0 Å². The number of ketones is 1. The molecule has 1 heterocycles. The monoisotopic (exact) mass is 275 g/mol. The number of non-ortho nitro benzene ring substituents is 1. The van der Waals surface area contributed by atoms with E-state index in [0.29, 0.717) is 0 Å². The van der Waals surface area contributed by atoms with Crippen molar-refractivity contribution in [1.82, 2.24) is 5.01 Å². The smallest absolute Gasteiger partial charge is 0.281 e. The third-order valence-electron chi connectivity index (χ3n) is 2.77. The molecule has 1 aromatic carbocycles. The average Bonchev–Trinajstić information content (AvgIpc) is 2.66. The summed E-state index contributed by atoms with van der Waals surface area (Å²) in [5, 5.41) is 15.9. The first-order valence-corrected chi connectivity index (χ1v) is 5.94. The van der Waals surface area contributed by atoms with Gasteiger partial charge in [-0.25, -0.2) is 5.01 Å². The van der Waals surface area contributed by atoms with Gasteiger partial charge in [0.05, 0.1) is 10.5 Å². The Bertz CT molecular complexity index is 643. The second-order valence-electron chi connectivity index (χ2n) is 5.37. The largest absolute Gasteiger partial charge is 0.317 e. The van der Waals surface area contributed by atoms with E-state index < -0.39 is 22.2 Å². The molecule has 0 saturated carbocycles. The zero-order valence-corrected chi connectivity index (χ0v) is 11.3. The van der Waals surface area contributed by atoms with Gasteiger partial charge >= 0.3 is 5.91 Å². The first kappa shape index (κ1) is 13.9. The number of nitro groups is 1. The van der Waals surface area contributed by atoms with Gasteiger partial charge in [-0.15, -0.1) is 0 Å². The molecule has 0 atom stereocenters. The van der Waals surface area contributed by atoms with Gasteiger partial charge in [-0.3, -0.25) is 19.7 Å². The van der Waals surface area contributed by atoms with Crippen LogP contribution in [0.25, 0.3) is 0 Å². The minimum atomic E-state index is -0.750. The highest BCUT2D eigenvalue weighted by Crippen LogP contribution is 2.23. The normalized spacial score (nSPS) is 15.6. The number of rotatable bonds is 2. The SMILES string of the molecule is CC(C)(C)N1N=C(c2cccc([N+](=O)[O-])c2)C(=O)C1=O. The molecule has 7 nitrogen and oxygen atoms in total. The van der Waals surface area contributed by atoms with Crippen LogP contribution in [0.15, 0.2) is 29.4 Å². The Labute approximate surface area is 115 Å². The zero-order chi connectivity index (χ0) is 15.1. The van der Waals surface area contributed by atoms with Gasteiger partial charge in [0.25, 0.3) is 11.5 Å². The summed E-state index contributed by atoms with van der Waals surface area (Å²) in [6.45, 7) is 5.24. The number of hydrazone groups is 1. The lowest BCUT2D eigenvalue weighted by Crippen LogP contribution is -2.41. The minimum absolute atomic E-state index is 0.0615. The van der Waals surface area contributed by atoms with Crippen LogP contribution in [0.1, 0.15) is 26.3 Å². The second kappa shape index (κ2) is 4.52. The van der Waals surface area contributed by atoms with Crippen molar-refractivity contribution >= 4 is 23.1 Å². The molecule has 20 heavy (non-hydrogen) atoms. The summed E-state index contributed by atoms with van der Waals surface area (Å²) < 4.78 is 0. The maximum absolute atomic E-state index is 12.0. The van der Waals surface area contributed by atoms with E-state index in [1.165, 1.54) is 24.3 Å². The molecule has 0 N–H and O–H groups in total. The van der Waals surface area contributed by atoms with Crippen molar-refractivity contribution in [2.45, 2.75) is 26.3 Å². The van der Waals surface area contributed by atoms with Crippen LogP contribution < -0.4 is 0 Å². The molecule has 104 valence electrons. The van der Waals surface area contributed by atoms with Crippen LogP contribution in [0.2, 0.25) is 0 Å². The van der Waals surface area contributed by atoms with E-state index in [9.17, 15) is 19.7 Å². The van der Waals surface area contributed by atoms with Crippen molar-refractivity contribution in [3.8, 4) is 0 Å². The van der Waals surface area contributed by atoms with Crippen LogP contribution in [-0.4, -0.2) is 32.9 Å². The Morgan fingerprint density at radius 2 is 1.90 bits per heavy atom. The lowest BCUT2D eigenvalue weighted by Gasteiger charge is -2.26. The molecule has 0 aliphatic carbocycles. The number of carbonyl (C=O) groups excluding carboxylic acids is 2. The van der Waals surface area contributed by atoms with Gasteiger partial charge in [0.1, 0.15) is 5.71 Å². The lowest BCUT2D eigenvalue weighted by atomic mass is 10.1. The maximum atomic E-state index is 12.0. The van der Waals surface area contributed by atoms with Gasteiger partial charge in [0.2, 0.25) is 0 Å². The van der Waals surface area contributed by atoms with Gasteiger partial charge in [-0.1, -0.05) is 12.1 Å². The van der Waals surface area contributed by atoms with E-state index in [1.54, 1.807) is 20.8 Å². The standard InChI is InChI=1S/C13H13N3O4/c1-13(2,3)15-12(18)11(17)10(14-15)8-5-4-6-9(7-8)16(19)20/h4-7H,1-3H3. The molecular weight excluding hydrogens is 262 g/mol. The third kappa shape index (κ3) is 2.29. The van der Waals surface area contributed by atoms with E-state index in [-0.39, 0.29) is 17.0 Å². The predicted octanol–water partition coefficient (Wildman–Crippen LogP) is 1.51. The molecule has 0 fully saturated rings. The first-order valence-electron chi connectivity index (χ1n) is 5.94. The molecule has 1 aliphatic rings. The van der Waals surface area contributed by atoms with E-state index in [1.807, 2.05) is 0 Å². The number of benzene rings is 1. The summed E-state index contributed by atoms with van der Waals surface area (Å²) in [5.74, 6) is -1.47. The van der Waals surface area contributed by atoms with Crippen molar-refractivity contribution in [2.75, 3.05) is 0 Å². The third-order valence-corrected chi connectivity index (χ3v) is 2.77. The fourth-order valence-corrected chi connectivity index (χ4v) is 1.80. The first-order chi connectivity index (χ1) is 9.21. The van der Waals surface area contributed by atoms with Crippen LogP contribution in [0.5, 0.6) is 0 Å². The van der Waals surface area contributed by atoms with Crippen LogP contribution in [0, 0.1) is 10.1 Å². The highest BCUT2D eigenvalue weighted by atomic mass is 16.6. The van der Waals surface area contributed by atoms with E-state index in [4.69, 9.17) is 0 Å². The quantitative estimate of drug-likeness (QED) is 0.464. The lowest BCUT2D eigenvalue weighted by molar-refractivity contribution is -0.384. The second-order valence-corrected chi connectivity index (χ2v) is 5.37. The van der Waals surface area contributed by atoms with Gasteiger partial charge in [0, 0.05) is 17.7 Å². The van der Waals surface area contributed by atoms with Gasteiger partial charge < -0.3 is 0 Å². The van der Waals surface area contributed by atoms with Crippen molar-refractivity contribution in [1.29, 1.82) is 0 Å². The summed E-state index contributed by atoms with van der Waals surface area (Å²) in [6.07, 6.45) is 0. The van der Waals surface area contributed by atoms with Crippen molar-refractivity contribution in [3.05, 3.63) is 39.9 Å². The molecule has 1 aliphatic heterocycles. The van der Waals surface area contributed by atoms with Crippen LogP contribution in [-0.2, 0) is 9.59 Å². The molecular formula is C13H13N3O4. The van der Waals surface area contributed by atoms with Gasteiger partial charge in [-0.05, 0) is 20.8 Å². The maximum Gasteiger partial charge on any atom is 0.317 e. The average molecular weight is 275 g/mol. The molecule has 0 radical (unpaired) electrons. The summed E-state index contributed by atoms with van der Waals surface area (Å²) >= 11 is 0. The molecule has 0 saturated heterocycles. The molecule has 1 amide bonds. The number of Topliss-reactive ketones (excluding diaryl/α,β-unsaturated/α-hetero) is 1. The summed E-state index contributed by atoms with van der Waals surface area (Å²) in [5.41, 5.74) is -0.576. The number of nitrogens with zero attached hydrogens (tertiary/aromatic N) is 3. The van der Waals surface area contributed by atoms with E-state index in [2.05, 4.69) is 5.10 Å². The number of hydrogen-bond acceptors (Lipinski definition) is 5. The Balaban J connectivity index is 2.47. The Morgan fingerprint density at radius 1 is 1.25 bits per heavy atom. The zero-order valence-electron chi connectivity index (χ0n) is 11.3. The minimum Gasteiger partial charge on any atom is -0.281 e. The van der Waals surface area contributed by atoms with Crippen molar-refractivity contribution in [3.63, 3.8) is 0 Å². The van der Waals surface area contributed by atoms with Gasteiger partial charge in [0.15, 0.2) is 0 Å². The van der Waals surface area contributed by atoms with E-state index in [0.717, 1.165) is 5.01 Å². The topological polar surface area (TPSA) is 92.9 Å². The van der Waals surface area contributed by atoms with Gasteiger partial charge in [-0.2, -0.15) is 5.10 Å². The molecule has 7 heteroatoms. The molecule has 0 bridgehead atoms. The predicted molar refractivity (Wildman–Crippen MR) is 71.2 cm³/mol. The summed E-state index contributed by atoms with van der Waals surface area (Å²) in [4.78, 5) is 34.0. The molecule has 2 rings (SSSR count). The highest BCUT2D eigenvalue weighted by Gasteiger charge is 2.40. The molecule has 0 aromatic heterocycles. The van der Waals surface area contributed by atoms with Crippen molar-refractivity contribution < 1.29 is 14.5 Å². The number of nitro benzene ring substituents is 1. The molecule has 0 unspecified atom stereocenters. The van der Waals surface area contributed by atoms with E-state index >= 15 is 0 Å². The number of hydrogen-bond donors (Lipinski definition) is 0. The van der Waals surface area contributed by atoms with Crippen molar-refractivity contribution in [2.24, 2.45) is 5.10 Å². The fraction of sp³-hybridized carbons (Fsp3) is 0.308. The molecule has 0 spiro atoms. The summed E-state index contributed by atoms with van der Waals surface area (Å²) in [7, 11) is 0. The summed E-state index contributed by atoms with van der Waals surface area (Å²) in [6, 6.07) is 5.51. The Kier molecular flexibility index (Phi) is 3.13. The Morgan fingerprint density at radius 3 is 2.40 bits per heavy atom. The fourth-order valence-electron chi connectivity index (χ4n) is 1.80.